The monoisotopic (exact) mass is 571 g/mol. The van der Waals surface area contributed by atoms with E-state index in [4.69, 9.17) is 11.6 Å². The fourth-order valence-corrected chi connectivity index (χ4v) is 11.1. The summed E-state index contributed by atoms with van der Waals surface area (Å²) in [4.78, 5) is 59.3. The van der Waals surface area contributed by atoms with Gasteiger partial charge in [0.25, 0.3) is 0 Å². The molecular formula is C26H22ClN3O4S3. The molecule has 4 aliphatic rings. The Kier molecular flexibility index (Phi) is 5.48. The van der Waals surface area contributed by atoms with Crippen molar-refractivity contribution >= 4 is 69.4 Å². The van der Waals surface area contributed by atoms with E-state index in [1.165, 1.54) is 21.1 Å². The third-order valence-corrected chi connectivity index (χ3v) is 12.3. The number of likely N-dealkylation sites (tertiary alicyclic amines) is 1. The molecule has 0 spiro atoms. The summed E-state index contributed by atoms with van der Waals surface area (Å²) >= 11 is 10.5. The van der Waals surface area contributed by atoms with Crippen molar-refractivity contribution in [2.45, 2.75) is 35.6 Å². The van der Waals surface area contributed by atoms with Crippen LogP contribution < -0.4 is 10.2 Å². The average Bonchev–Trinajstić information content (AvgIpc) is 3.68. The molecule has 2 N–H and O–H groups in total. The Hall–Kier alpha value is -2.40. The molecule has 3 fully saturated rings. The Balaban J connectivity index is 1.20. The van der Waals surface area contributed by atoms with Gasteiger partial charge in [-0.05, 0) is 66.8 Å². The molecule has 7 nitrogen and oxygen atoms in total. The lowest BCUT2D eigenvalue weighted by Gasteiger charge is -2.42. The molecule has 3 aromatic rings. The molecule has 37 heavy (non-hydrogen) atoms. The summed E-state index contributed by atoms with van der Waals surface area (Å²) in [6.07, 6.45) is 0.829. The number of carbonyl (C=O) groups excluding carboxylic acids is 3. The van der Waals surface area contributed by atoms with E-state index in [2.05, 4.69) is 16.4 Å². The van der Waals surface area contributed by atoms with Gasteiger partial charge in [0, 0.05) is 31.6 Å². The van der Waals surface area contributed by atoms with Gasteiger partial charge in [0.2, 0.25) is 17.7 Å². The number of hydrogen-bond donors (Lipinski definition) is 2. The van der Waals surface area contributed by atoms with Gasteiger partial charge in [-0.2, -0.15) is 0 Å². The Morgan fingerprint density at radius 2 is 1.84 bits per heavy atom. The van der Waals surface area contributed by atoms with Gasteiger partial charge in [-0.25, -0.2) is 0 Å². The molecular weight excluding hydrogens is 550 g/mol. The van der Waals surface area contributed by atoms with Gasteiger partial charge >= 0.3 is 4.87 Å². The lowest BCUT2D eigenvalue weighted by atomic mass is 9.69. The van der Waals surface area contributed by atoms with Crippen LogP contribution >= 0.6 is 46.0 Å². The van der Waals surface area contributed by atoms with Crippen molar-refractivity contribution < 1.29 is 14.4 Å². The Morgan fingerprint density at radius 3 is 2.54 bits per heavy atom. The van der Waals surface area contributed by atoms with E-state index >= 15 is 0 Å². The van der Waals surface area contributed by atoms with E-state index in [1.807, 2.05) is 11.4 Å². The normalized spacial score (nSPS) is 32.3. The molecule has 2 saturated carbocycles. The average molecular weight is 572 g/mol. The van der Waals surface area contributed by atoms with E-state index < -0.39 is 23.8 Å². The summed E-state index contributed by atoms with van der Waals surface area (Å²) in [5.74, 6) is -1.40. The van der Waals surface area contributed by atoms with Gasteiger partial charge in [0.1, 0.15) is 6.04 Å². The van der Waals surface area contributed by atoms with Crippen molar-refractivity contribution in [2.24, 2.45) is 29.6 Å². The van der Waals surface area contributed by atoms with Crippen LogP contribution in [0, 0.1) is 29.6 Å². The van der Waals surface area contributed by atoms with Crippen LogP contribution in [-0.2, 0) is 14.4 Å². The number of nitrogens with one attached hydrogen (secondary N) is 2. The summed E-state index contributed by atoms with van der Waals surface area (Å²) in [5, 5.41) is 6.45. The number of nitrogens with zero attached hydrogens (tertiary/aromatic N) is 1. The molecule has 2 bridgehead atoms. The minimum atomic E-state index is -0.915. The number of carbonyl (C=O) groups is 3. The highest BCUT2D eigenvalue weighted by atomic mass is 35.5. The zero-order chi connectivity index (χ0) is 25.6. The smallest absolute Gasteiger partial charge is 0.305 e. The number of anilines is 1. The van der Waals surface area contributed by atoms with E-state index in [-0.39, 0.29) is 45.6 Å². The van der Waals surface area contributed by atoms with Gasteiger partial charge in [0.15, 0.2) is 0 Å². The highest BCUT2D eigenvalue weighted by Crippen LogP contribution is 2.68. The maximum Gasteiger partial charge on any atom is 0.305 e. The number of thiazole rings is 1. The molecule has 2 aliphatic carbocycles. The second kappa shape index (κ2) is 8.56. The molecule has 11 heteroatoms. The lowest BCUT2D eigenvalue weighted by molar-refractivity contribution is -0.146. The van der Waals surface area contributed by atoms with E-state index in [9.17, 15) is 19.2 Å². The first kappa shape index (κ1) is 23.7. The Morgan fingerprint density at radius 1 is 1.11 bits per heavy atom. The molecule has 8 unspecified atom stereocenters. The van der Waals surface area contributed by atoms with Gasteiger partial charge < -0.3 is 10.3 Å². The summed E-state index contributed by atoms with van der Waals surface area (Å²) in [5.41, 5.74) is 0.557. The number of aromatic amines is 1. The maximum atomic E-state index is 13.8. The molecule has 4 heterocycles. The maximum absolute atomic E-state index is 13.8. The van der Waals surface area contributed by atoms with Gasteiger partial charge in [-0.1, -0.05) is 29.0 Å². The van der Waals surface area contributed by atoms with Crippen molar-refractivity contribution in [3.63, 3.8) is 0 Å². The summed E-state index contributed by atoms with van der Waals surface area (Å²) in [6.45, 7) is 1.61. The Bertz CT molecular complexity index is 1480. The number of amides is 3. The highest BCUT2D eigenvalue weighted by molar-refractivity contribution is 8.00. The zero-order valence-corrected chi connectivity index (χ0v) is 22.8. The van der Waals surface area contributed by atoms with Gasteiger partial charge in [-0.3, -0.25) is 24.1 Å². The minimum absolute atomic E-state index is 0.0389. The number of halogens is 1. The summed E-state index contributed by atoms with van der Waals surface area (Å²) in [6, 6.07) is 9.93. The van der Waals surface area contributed by atoms with Crippen molar-refractivity contribution in [3.05, 3.63) is 66.2 Å². The van der Waals surface area contributed by atoms with E-state index in [0.29, 0.717) is 10.7 Å². The third-order valence-electron chi connectivity index (χ3n) is 8.49. The first-order chi connectivity index (χ1) is 17.8. The second-order valence-corrected chi connectivity index (χ2v) is 13.8. The molecule has 1 aromatic carbocycles. The summed E-state index contributed by atoms with van der Waals surface area (Å²) in [7, 11) is 0. The van der Waals surface area contributed by atoms with E-state index in [0.717, 1.165) is 16.3 Å². The number of benzene rings is 1. The first-order valence-electron chi connectivity index (χ1n) is 12.2. The van der Waals surface area contributed by atoms with Crippen LogP contribution in [0.5, 0.6) is 0 Å². The van der Waals surface area contributed by atoms with Crippen molar-refractivity contribution in [1.82, 2.24) is 9.88 Å². The fraction of sp³-hybridized carbons (Fsp3) is 0.385. The van der Waals surface area contributed by atoms with Crippen molar-refractivity contribution in [1.29, 1.82) is 0 Å². The van der Waals surface area contributed by atoms with Crippen LogP contribution in [0.15, 0.2) is 51.6 Å². The number of thiophene rings is 1. The van der Waals surface area contributed by atoms with Crippen LogP contribution in [-0.4, -0.2) is 38.9 Å². The standard InChI is InChI=1S/C26H22ClN3O4S3/c1-10(22(31)28-12-6-4-11(27)5-7-12)30-24(32)17-13-9-14(18(17)25(30)33)20-16(13)19(15-3-2-8-35-15)21-23(36-20)29-26(34)37-21/h2-8,10,13-14,16-20H,9H2,1H3,(H,28,31)(H,29,34). The Labute approximate surface area is 229 Å². The lowest BCUT2D eigenvalue weighted by Crippen LogP contribution is -2.46. The van der Waals surface area contributed by atoms with Crippen LogP contribution in [0.1, 0.15) is 29.0 Å². The van der Waals surface area contributed by atoms with Gasteiger partial charge in [0.05, 0.1) is 16.9 Å². The van der Waals surface area contributed by atoms with E-state index in [1.54, 1.807) is 54.3 Å². The predicted octanol–water partition coefficient (Wildman–Crippen LogP) is 4.65. The topological polar surface area (TPSA) is 99.3 Å². The summed E-state index contributed by atoms with van der Waals surface area (Å²) < 4.78 is 0. The molecule has 3 amide bonds. The molecule has 2 aliphatic heterocycles. The van der Waals surface area contributed by atoms with Crippen LogP contribution in [0.2, 0.25) is 5.02 Å². The van der Waals surface area contributed by atoms with Crippen molar-refractivity contribution in [2.75, 3.05) is 5.32 Å². The first-order valence-corrected chi connectivity index (χ1v) is 15.1. The molecule has 0 radical (unpaired) electrons. The number of fused-ring (bicyclic) bond motifs is 9. The van der Waals surface area contributed by atoms with Crippen LogP contribution in [0.3, 0.4) is 0 Å². The second-order valence-electron chi connectivity index (χ2n) is 10.2. The fourth-order valence-electron chi connectivity index (χ4n) is 7.11. The SMILES string of the molecule is CC(C(=O)Nc1ccc(Cl)cc1)N1C(=O)C2C3CC(C2C1=O)C1C(c2cccs2)c2sc(=O)[nH]c2SC31. The van der Waals surface area contributed by atoms with Gasteiger partial charge in [-0.15, -0.1) is 23.1 Å². The van der Waals surface area contributed by atoms with Crippen molar-refractivity contribution in [3.8, 4) is 0 Å². The quantitative estimate of drug-likeness (QED) is 0.444. The number of thioether (sulfide) groups is 1. The molecule has 7 rings (SSSR count). The largest absolute Gasteiger partial charge is 0.324 e. The number of H-pyrrole nitrogens is 1. The highest BCUT2D eigenvalue weighted by Gasteiger charge is 2.70. The molecule has 8 atom stereocenters. The number of hydrogen-bond acceptors (Lipinski definition) is 7. The predicted molar refractivity (Wildman–Crippen MR) is 144 cm³/mol. The van der Waals surface area contributed by atoms with Crippen LogP contribution in [0.25, 0.3) is 0 Å². The van der Waals surface area contributed by atoms with Crippen LogP contribution in [0.4, 0.5) is 5.69 Å². The number of aromatic nitrogens is 1. The number of imide groups is 1. The minimum Gasteiger partial charge on any atom is -0.324 e. The molecule has 190 valence electrons. The number of rotatable bonds is 4. The molecule has 1 saturated heterocycles. The zero-order valence-electron chi connectivity index (χ0n) is 19.6. The molecule has 2 aromatic heterocycles. The third kappa shape index (κ3) is 3.45.